The van der Waals surface area contributed by atoms with Crippen molar-refractivity contribution in [3.63, 3.8) is 0 Å². The third kappa shape index (κ3) is 6.12. The molecule has 1 amide bonds. The number of amides is 1. The molecule has 3 aromatic rings. The minimum absolute atomic E-state index is 0.0457. The first-order chi connectivity index (χ1) is 17.7. The second kappa shape index (κ2) is 11.4. The molecule has 2 aliphatic rings. The maximum atomic E-state index is 12.7. The van der Waals surface area contributed by atoms with Gasteiger partial charge in [-0.2, -0.15) is 0 Å². The molecule has 3 heterocycles. The molecular formula is C27H30N4O5. The minimum Gasteiger partial charge on any atom is -0.454 e. The molecule has 0 unspecified atom stereocenters. The van der Waals surface area contributed by atoms with Gasteiger partial charge >= 0.3 is 0 Å². The SMILES string of the molecule is O=C(CNCc1ccc(Oc2ccc(CO)cn2)cc1)N1CCN(Cc2ccc3c(c2)OCO3)CC1. The molecule has 0 bridgehead atoms. The van der Waals surface area contributed by atoms with Crippen LogP contribution in [-0.4, -0.2) is 65.3 Å². The maximum absolute atomic E-state index is 12.7. The number of nitrogens with zero attached hydrogens (tertiary/aromatic N) is 3. The Morgan fingerprint density at radius 3 is 2.44 bits per heavy atom. The molecule has 0 spiro atoms. The van der Waals surface area contributed by atoms with Crippen LogP contribution in [0.1, 0.15) is 16.7 Å². The van der Waals surface area contributed by atoms with Crippen LogP contribution in [-0.2, 0) is 24.5 Å². The van der Waals surface area contributed by atoms with Crippen molar-refractivity contribution in [1.29, 1.82) is 0 Å². The van der Waals surface area contributed by atoms with Crippen LogP contribution in [0.25, 0.3) is 0 Å². The van der Waals surface area contributed by atoms with Gasteiger partial charge in [-0.1, -0.05) is 18.2 Å². The van der Waals surface area contributed by atoms with Crippen molar-refractivity contribution in [3.05, 3.63) is 77.5 Å². The number of piperazine rings is 1. The Morgan fingerprint density at radius 2 is 1.69 bits per heavy atom. The number of hydrogen-bond donors (Lipinski definition) is 2. The van der Waals surface area contributed by atoms with Crippen molar-refractivity contribution in [2.45, 2.75) is 19.7 Å². The predicted octanol–water partition coefficient (Wildman–Crippen LogP) is 2.53. The lowest BCUT2D eigenvalue weighted by molar-refractivity contribution is -0.132. The Hall–Kier alpha value is -3.66. The number of aliphatic hydroxyl groups excluding tert-OH is 1. The number of aliphatic hydroxyl groups is 1. The largest absolute Gasteiger partial charge is 0.454 e. The zero-order valence-electron chi connectivity index (χ0n) is 20.1. The van der Waals surface area contributed by atoms with E-state index in [1.807, 2.05) is 41.3 Å². The quantitative estimate of drug-likeness (QED) is 0.473. The molecule has 188 valence electrons. The van der Waals surface area contributed by atoms with Crippen LogP contribution in [0, 0.1) is 0 Å². The van der Waals surface area contributed by atoms with Gasteiger partial charge in [0, 0.05) is 51.5 Å². The lowest BCUT2D eigenvalue weighted by Gasteiger charge is -2.34. The van der Waals surface area contributed by atoms with Crippen molar-refractivity contribution in [2.24, 2.45) is 0 Å². The van der Waals surface area contributed by atoms with Gasteiger partial charge in [0.2, 0.25) is 18.6 Å². The second-order valence-corrected chi connectivity index (χ2v) is 8.86. The van der Waals surface area contributed by atoms with E-state index in [1.165, 1.54) is 5.56 Å². The molecule has 5 rings (SSSR count). The fourth-order valence-corrected chi connectivity index (χ4v) is 4.24. The summed E-state index contributed by atoms with van der Waals surface area (Å²) in [6.07, 6.45) is 1.59. The fourth-order valence-electron chi connectivity index (χ4n) is 4.24. The molecule has 36 heavy (non-hydrogen) atoms. The average molecular weight is 491 g/mol. The molecule has 2 N–H and O–H groups in total. The molecule has 1 saturated heterocycles. The molecule has 2 aliphatic heterocycles. The topological polar surface area (TPSA) is 96.4 Å². The lowest BCUT2D eigenvalue weighted by atomic mass is 10.1. The Bertz CT molecular complexity index is 1160. The first kappa shape index (κ1) is 24.1. The number of nitrogens with one attached hydrogen (secondary N) is 1. The summed E-state index contributed by atoms with van der Waals surface area (Å²) in [7, 11) is 0. The van der Waals surface area contributed by atoms with Crippen LogP contribution in [0.15, 0.2) is 60.8 Å². The highest BCUT2D eigenvalue weighted by molar-refractivity contribution is 5.78. The van der Waals surface area contributed by atoms with E-state index in [-0.39, 0.29) is 19.3 Å². The van der Waals surface area contributed by atoms with Gasteiger partial charge in [0.05, 0.1) is 13.2 Å². The summed E-state index contributed by atoms with van der Waals surface area (Å²) in [5, 5.41) is 12.3. The second-order valence-electron chi connectivity index (χ2n) is 8.86. The predicted molar refractivity (Wildman–Crippen MR) is 133 cm³/mol. The standard InChI is InChI=1S/C27H30N4O5/c32-18-22-4-8-26(29-15-22)36-23-5-1-20(2-6-23)14-28-16-27(33)31-11-9-30(10-12-31)17-21-3-7-24-25(13-21)35-19-34-24/h1-8,13,15,28,32H,9-12,14,16-19H2. The maximum Gasteiger partial charge on any atom is 0.236 e. The summed E-state index contributed by atoms with van der Waals surface area (Å²) in [4.78, 5) is 21.1. The molecular weight excluding hydrogens is 460 g/mol. The zero-order valence-corrected chi connectivity index (χ0v) is 20.1. The number of aromatic nitrogens is 1. The zero-order chi connectivity index (χ0) is 24.7. The van der Waals surface area contributed by atoms with Gasteiger partial charge in [-0.3, -0.25) is 9.69 Å². The van der Waals surface area contributed by atoms with E-state index >= 15 is 0 Å². The fraction of sp³-hybridized carbons (Fsp3) is 0.333. The molecule has 9 nitrogen and oxygen atoms in total. The minimum atomic E-state index is -0.0457. The molecule has 1 fully saturated rings. The molecule has 0 saturated carbocycles. The third-order valence-corrected chi connectivity index (χ3v) is 6.30. The Kier molecular flexibility index (Phi) is 7.61. The Labute approximate surface area is 210 Å². The van der Waals surface area contributed by atoms with Crippen LogP contribution in [0.4, 0.5) is 0 Å². The number of rotatable bonds is 9. The summed E-state index contributed by atoms with van der Waals surface area (Å²) in [6, 6.07) is 17.2. The van der Waals surface area contributed by atoms with Crippen molar-refractivity contribution in [3.8, 4) is 23.1 Å². The highest BCUT2D eigenvalue weighted by Gasteiger charge is 2.21. The number of pyridine rings is 1. The molecule has 0 atom stereocenters. The summed E-state index contributed by atoms with van der Waals surface area (Å²) in [6.45, 7) is 5.12. The molecule has 2 aromatic carbocycles. The van der Waals surface area contributed by atoms with E-state index in [2.05, 4.69) is 21.3 Å². The summed E-state index contributed by atoms with van der Waals surface area (Å²) >= 11 is 0. The number of carbonyl (C=O) groups excluding carboxylic acids is 1. The van der Waals surface area contributed by atoms with Gasteiger partial charge in [0.15, 0.2) is 11.5 Å². The lowest BCUT2D eigenvalue weighted by Crippen LogP contribution is -2.50. The molecule has 0 aliphatic carbocycles. The number of hydrogen-bond acceptors (Lipinski definition) is 8. The normalized spacial score (nSPS) is 15.2. The Balaban J connectivity index is 1.01. The van der Waals surface area contributed by atoms with Crippen molar-refractivity contribution >= 4 is 5.91 Å². The van der Waals surface area contributed by atoms with Gasteiger partial charge in [-0.25, -0.2) is 4.98 Å². The molecule has 0 radical (unpaired) electrons. The van der Waals surface area contributed by atoms with E-state index in [9.17, 15) is 4.79 Å². The monoisotopic (exact) mass is 490 g/mol. The number of ether oxygens (including phenoxy) is 3. The smallest absolute Gasteiger partial charge is 0.236 e. The summed E-state index contributed by atoms with van der Waals surface area (Å²) in [5.41, 5.74) is 2.99. The molecule has 1 aromatic heterocycles. The van der Waals surface area contributed by atoms with Crippen LogP contribution < -0.4 is 19.5 Å². The van der Waals surface area contributed by atoms with Crippen LogP contribution in [0.3, 0.4) is 0 Å². The van der Waals surface area contributed by atoms with Crippen molar-refractivity contribution in [1.82, 2.24) is 20.1 Å². The van der Waals surface area contributed by atoms with Gasteiger partial charge in [-0.05, 0) is 47.0 Å². The number of fused-ring (bicyclic) bond motifs is 1. The highest BCUT2D eigenvalue weighted by atomic mass is 16.7. The highest BCUT2D eigenvalue weighted by Crippen LogP contribution is 2.32. The number of benzene rings is 2. The van der Waals surface area contributed by atoms with Crippen LogP contribution in [0.5, 0.6) is 23.1 Å². The van der Waals surface area contributed by atoms with Crippen molar-refractivity contribution < 1.29 is 24.1 Å². The van der Waals surface area contributed by atoms with Gasteiger partial charge in [0.25, 0.3) is 0 Å². The number of carbonyl (C=O) groups is 1. The first-order valence-corrected chi connectivity index (χ1v) is 12.1. The average Bonchev–Trinajstić information content (AvgIpc) is 3.38. The van der Waals surface area contributed by atoms with E-state index in [0.29, 0.717) is 24.7 Å². The van der Waals surface area contributed by atoms with Crippen LogP contribution >= 0.6 is 0 Å². The summed E-state index contributed by atoms with van der Waals surface area (Å²) in [5.74, 6) is 2.88. The van der Waals surface area contributed by atoms with Gasteiger partial charge in [0.1, 0.15) is 5.75 Å². The molecule has 9 heteroatoms. The van der Waals surface area contributed by atoms with Gasteiger partial charge in [-0.15, -0.1) is 0 Å². The van der Waals surface area contributed by atoms with Crippen LogP contribution in [0.2, 0.25) is 0 Å². The first-order valence-electron chi connectivity index (χ1n) is 12.1. The van der Waals surface area contributed by atoms with E-state index in [0.717, 1.165) is 55.3 Å². The van der Waals surface area contributed by atoms with E-state index in [1.54, 1.807) is 18.3 Å². The van der Waals surface area contributed by atoms with Gasteiger partial charge < -0.3 is 29.5 Å². The van der Waals surface area contributed by atoms with Crippen molar-refractivity contribution in [2.75, 3.05) is 39.5 Å². The Morgan fingerprint density at radius 1 is 0.944 bits per heavy atom. The summed E-state index contributed by atoms with van der Waals surface area (Å²) < 4.78 is 16.6. The van der Waals surface area contributed by atoms with E-state index < -0.39 is 0 Å². The third-order valence-electron chi connectivity index (χ3n) is 6.30. The van der Waals surface area contributed by atoms with E-state index in [4.69, 9.17) is 19.3 Å².